The summed E-state index contributed by atoms with van der Waals surface area (Å²) in [6.45, 7) is 0.233. The van der Waals surface area contributed by atoms with Crippen molar-refractivity contribution in [3.05, 3.63) is 51.1 Å². The predicted molar refractivity (Wildman–Crippen MR) is 72.1 cm³/mol. The number of carboxylic acids is 1. The van der Waals surface area contributed by atoms with E-state index in [9.17, 15) is 9.18 Å². The molecule has 2 rings (SSSR count). The Morgan fingerprint density at radius 1 is 1.47 bits per heavy atom. The van der Waals surface area contributed by atoms with Gasteiger partial charge in [-0.3, -0.25) is 0 Å². The first-order valence-corrected chi connectivity index (χ1v) is 6.35. The molecule has 0 atom stereocenters. The fourth-order valence-corrected chi connectivity index (χ4v) is 2.43. The molecule has 0 amide bonds. The van der Waals surface area contributed by atoms with Crippen LogP contribution >= 0.6 is 27.5 Å². The zero-order valence-electron chi connectivity index (χ0n) is 9.41. The molecule has 0 spiro atoms. The van der Waals surface area contributed by atoms with E-state index in [2.05, 4.69) is 21.2 Å². The van der Waals surface area contributed by atoms with Crippen LogP contribution in [0, 0.1) is 5.82 Å². The van der Waals surface area contributed by atoms with Gasteiger partial charge in [0.2, 0.25) is 5.76 Å². The van der Waals surface area contributed by atoms with Crippen LogP contribution < -0.4 is 5.32 Å². The molecule has 2 aromatic rings. The summed E-state index contributed by atoms with van der Waals surface area (Å²) in [4.78, 5) is 10.6. The summed E-state index contributed by atoms with van der Waals surface area (Å²) in [5.41, 5.74) is 0.511. The predicted octanol–water partition coefficient (Wildman–Crippen LogP) is 4.14. The second-order valence-electron chi connectivity index (χ2n) is 3.67. The standard InChI is InChI=1S/C12H8BrClFNO3/c13-8-3-6(15)4-9(14)11(8)16-5-7-1-2-10(19-7)12(17)18/h1-4,16H,5H2,(H,17,18). The number of benzene rings is 1. The van der Waals surface area contributed by atoms with E-state index < -0.39 is 11.8 Å². The van der Waals surface area contributed by atoms with Crippen molar-refractivity contribution >= 4 is 39.2 Å². The number of hydrogen-bond acceptors (Lipinski definition) is 3. The lowest BCUT2D eigenvalue weighted by molar-refractivity contribution is 0.0660. The Bertz CT molecular complexity index is 606. The Hall–Kier alpha value is -1.53. The van der Waals surface area contributed by atoms with Crippen LogP contribution in [0.5, 0.6) is 0 Å². The molecule has 1 aromatic heterocycles. The van der Waals surface area contributed by atoms with Crippen molar-refractivity contribution in [2.75, 3.05) is 5.32 Å². The summed E-state index contributed by atoms with van der Waals surface area (Å²) < 4.78 is 18.6. The zero-order valence-corrected chi connectivity index (χ0v) is 11.8. The molecule has 7 heteroatoms. The molecule has 0 aliphatic rings. The highest BCUT2D eigenvalue weighted by molar-refractivity contribution is 9.10. The molecule has 2 N–H and O–H groups in total. The van der Waals surface area contributed by atoms with E-state index in [-0.39, 0.29) is 17.3 Å². The van der Waals surface area contributed by atoms with E-state index in [1.807, 2.05) is 0 Å². The number of furan rings is 1. The maximum atomic E-state index is 13.0. The van der Waals surface area contributed by atoms with Gasteiger partial charge in [0.05, 0.1) is 17.3 Å². The number of hydrogen-bond donors (Lipinski definition) is 2. The molecule has 4 nitrogen and oxygen atoms in total. The Morgan fingerprint density at radius 3 is 2.79 bits per heavy atom. The number of rotatable bonds is 4. The van der Waals surface area contributed by atoms with E-state index >= 15 is 0 Å². The van der Waals surface area contributed by atoms with E-state index in [0.717, 1.165) is 0 Å². The fourth-order valence-electron chi connectivity index (χ4n) is 1.47. The van der Waals surface area contributed by atoms with Crippen LogP contribution in [0.4, 0.5) is 10.1 Å². The number of halogens is 3. The minimum atomic E-state index is -1.13. The summed E-state index contributed by atoms with van der Waals surface area (Å²) in [5.74, 6) is -1.29. The Morgan fingerprint density at radius 2 is 2.21 bits per heavy atom. The van der Waals surface area contributed by atoms with Crippen LogP contribution in [0.1, 0.15) is 16.3 Å². The van der Waals surface area contributed by atoms with Crippen molar-refractivity contribution in [2.45, 2.75) is 6.54 Å². The lowest BCUT2D eigenvalue weighted by atomic mass is 10.3. The zero-order chi connectivity index (χ0) is 14.0. The molecule has 0 unspecified atom stereocenters. The number of aromatic carboxylic acids is 1. The maximum Gasteiger partial charge on any atom is 0.371 e. The molecule has 0 fully saturated rings. The Balaban J connectivity index is 2.12. The molecule has 0 saturated heterocycles. The number of carboxylic acid groups (broad SMARTS) is 1. The van der Waals surface area contributed by atoms with Crippen molar-refractivity contribution < 1.29 is 18.7 Å². The van der Waals surface area contributed by atoms with Crippen molar-refractivity contribution in [2.24, 2.45) is 0 Å². The lowest BCUT2D eigenvalue weighted by Gasteiger charge is -2.09. The quantitative estimate of drug-likeness (QED) is 0.871. The summed E-state index contributed by atoms with van der Waals surface area (Å²) in [7, 11) is 0. The van der Waals surface area contributed by atoms with Gasteiger partial charge in [0.1, 0.15) is 11.6 Å². The van der Waals surface area contributed by atoms with Crippen LogP contribution in [0.15, 0.2) is 33.2 Å². The van der Waals surface area contributed by atoms with Gasteiger partial charge in [0, 0.05) is 4.47 Å². The third-order valence-electron chi connectivity index (χ3n) is 2.32. The normalized spacial score (nSPS) is 10.5. The molecule has 1 aromatic carbocycles. The molecular formula is C12H8BrClFNO3. The third kappa shape index (κ3) is 3.27. The van der Waals surface area contributed by atoms with Crippen LogP contribution in [0.3, 0.4) is 0 Å². The van der Waals surface area contributed by atoms with Gasteiger partial charge in [-0.2, -0.15) is 0 Å². The largest absolute Gasteiger partial charge is 0.475 e. The summed E-state index contributed by atoms with van der Waals surface area (Å²) >= 11 is 9.09. The van der Waals surface area contributed by atoms with E-state index in [4.69, 9.17) is 21.1 Å². The summed E-state index contributed by atoms with van der Waals surface area (Å²) in [6.07, 6.45) is 0. The lowest BCUT2D eigenvalue weighted by Crippen LogP contribution is -2.00. The van der Waals surface area contributed by atoms with Gasteiger partial charge in [-0.15, -0.1) is 0 Å². The van der Waals surface area contributed by atoms with Crippen molar-refractivity contribution in [1.82, 2.24) is 0 Å². The first-order chi connectivity index (χ1) is 8.97. The molecule has 0 aliphatic heterocycles. The number of anilines is 1. The van der Waals surface area contributed by atoms with E-state index in [0.29, 0.717) is 15.9 Å². The van der Waals surface area contributed by atoms with Gasteiger partial charge >= 0.3 is 5.97 Å². The smallest absolute Gasteiger partial charge is 0.371 e. The van der Waals surface area contributed by atoms with Gasteiger partial charge in [0.15, 0.2) is 0 Å². The van der Waals surface area contributed by atoms with Gasteiger partial charge < -0.3 is 14.8 Å². The summed E-state index contributed by atoms with van der Waals surface area (Å²) in [5, 5.41) is 11.9. The topological polar surface area (TPSA) is 62.5 Å². The molecule has 0 bridgehead atoms. The molecular weight excluding hydrogens is 340 g/mol. The second-order valence-corrected chi connectivity index (χ2v) is 4.93. The third-order valence-corrected chi connectivity index (χ3v) is 3.24. The van der Waals surface area contributed by atoms with Gasteiger partial charge in [-0.25, -0.2) is 9.18 Å². The van der Waals surface area contributed by atoms with Crippen LogP contribution in [0.25, 0.3) is 0 Å². The van der Waals surface area contributed by atoms with Crippen LogP contribution in [-0.2, 0) is 6.54 Å². The molecule has 0 aliphatic carbocycles. The van der Waals surface area contributed by atoms with E-state index in [1.54, 1.807) is 6.07 Å². The van der Waals surface area contributed by atoms with E-state index in [1.165, 1.54) is 18.2 Å². The van der Waals surface area contributed by atoms with Crippen molar-refractivity contribution in [3.63, 3.8) is 0 Å². The van der Waals surface area contributed by atoms with Crippen LogP contribution in [0.2, 0.25) is 5.02 Å². The first kappa shape index (κ1) is 13.9. The van der Waals surface area contributed by atoms with Crippen molar-refractivity contribution in [1.29, 1.82) is 0 Å². The van der Waals surface area contributed by atoms with Gasteiger partial charge in [-0.1, -0.05) is 11.6 Å². The van der Waals surface area contributed by atoms with Gasteiger partial charge in [0.25, 0.3) is 0 Å². The first-order valence-electron chi connectivity index (χ1n) is 5.18. The highest BCUT2D eigenvalue weighted by atomic mass is 79.9. The highest BCUT2D eigenvalue weighted by Crippen LogP contribution is 2.32. The molecule has 0 saturated carbocycles. The number of carbonyl (C=O) groups is 1. The molecule has 1 heterocycles. The summed E-state index contributed by atoms with van der Waals surface area (Å²) in [6, 6.07) is 5.36. The van der Waals surface area contributed by atoms with Crippen molar-refractivity contribution in [3.8, 4) is 0 Å². The fraction of sp³-hybridized carbons (Fsp3) is 0.0833. The second kappa shape index (κ2) is 5.63. The van der Waals surface area contributed by atoms with Crippen LogP contribution in [-0.4, -0.2) is 11.1 Å². The highest BCUT2D eigenvalue weighted by Gasteiger charge is 2.11. The van der Waals surface area contributed by atoms with Gasteiger partial charge in [-0.05, 0) is 40.2 Å². The Kier molecular flexibility index (Phi) is 4.11. The average molecular weight is 349 g/mol. The monoisotopic (exact) mass is 347 g/mol. The molecule has 19 heavy (non-hydrogen) atoms. The molecule has 0 radical (unpaired) electrons. The molecule has 100 valence electrons. The maximum absolute atomic E-state index is 13.0. The Labute approximate surface area is 121 Å². The SMILES string of the molecule is O=C(O)c1ccc(CNc2c(Cl)cc(F)cc2Br)o1. The number of nitrogens with one attached hydrogen (secondary N) is 1. The average Bonchev–Trinajstić information content (AvgIpc) is 2.76. The minimum absolute atomic E-state index is 0.138. The minimum Gasteiger partial charge on any atom is -0.475 e.